The van der Waals surface area contributed by atoms with Crippen molar-refractivity contribution in [3.63, 3.8) is 0 Å². The Labute approximate surface area is 188 Å². The lowest BCUT2D eigenvalue weighted by atomic mass is 10.1. The first-order valence-electron chi connectivity index (χ1n) is 10.6. The van der Waals surface area contributed by atoms with Crippen molar-refractivity contribution in [3.8, 4) is 5.75 Å². The van der Waals surface area contributed by atoms with Crippen LogP contribution in [0.2, 0.25) is 0 Å². The van der Waals surface area contributed by atoms with Crippen molar-refractivity contribution in [1.82, 2.24) is 15.0 Å². The number of amides is 1. The van der Waals surface area contributed by atoms with Gasteiger partial charge in [-0.3, -0.25) is 4.79 Å². The van der Waals surface area contributed by atoms with E-state index in [1.807, 2.05) is 0 Å². The van der Waals surface area contributed by atoms with Crippen molar-refractivity contribution in [2.75, 3.05) is 19.3 Å². The Kier molecular flexibility index (Phi) is 4.83. The SMILES string of the molecule is CC(Oc1ccc(S(C)(=O)=O)cc1C(=O)N1CC2CC2(c2noc(C3CC3)n2)C1)C(F)(F)F. The molecule has 3 fully saturated rings. The molecule has 0 radical (unpaired) electrons. The van der Waals surface area contributed by atoms with Gasteiger partial charge in [0.1, 0.15) is 5.75 Å². The van der Waals surface area contributed by atoms with Crippen molar-refractivity contribution in [2.45, 2.75) is 54.7 Å². The lowest BCUT2D eigenvalue weighted by Gasteiger charge is -2.24. The lowest BCUT2D eigenvalue weighted by Crippen LogP contribution is -2.35. The molecule has 2 aliphatic carbocycles. The molecule has 3 unspecified atom stereocenters. The Bertz CT molecular complexity index is 1220. The number of ether oxygens (including phenoxy) is 1. The number of benzene rings is 1. The van der Waals surface area contributed by atoms with Crippen LogP contribution in [0, 0.1) is 5.92 Å². The summed E-state index contributed by atoms with van der Waals surface area (Å²) in [4.78, 5) is 19.2. The second-order valence-corrected chi connectivity index (χ2v) is 11.2. The number of nitrogens with zero attached hydrogens (tertiary/aromatic N) is 3. The van der Waals surface area contributed by atoms with E-state index in [0.29, 0.717) is 24.2 Å². The molecule has 3 aliphatic rings. The first-order valence-corrected chi connectivity index (χ1v) is 12.5. The number of hydrogen-bond acceptors (Lipinski definition) is 7. The number of piperidine rings is 1. The molecule has 2 saturated carbocycles. The average Bonchev–Trinajstić information content (AvgIpc) is 3.61. The fraction of sp³-hybridized carbons (Fsp3) is 0.571. The van der Waals surface area contributed by atoms with Gasteiger partial charge in [0.15, 0.2) is 21.8 Å². The van der Waals surface area contributed by atoms with E-state index in [1.165, 1.54) is 4.90 Å². The quantitative estimate of drug-likeness (QED) is 0.620. The summed E-state index contributed by atoms with van der Waals surface area (Å²) in [6.07, 6.45) is -3.04. The maximum absolute atomic E-state index is 13.3. The molecular weight excluding hydrogens is 463 g/mol. The third-order valence-corrected chi connectivity index (χ3v) is 7.73. The maximum Gasteiger partial charge on any atom is 0.425 e. The topological polar surface area (TPSA) is 103 Å². The van der Waals surface area contributed by atoms with Crippen LogP contribution in [0.5, 0.6) is 5.75 Å². The number of carbonyl (C=O) groups excluding carboxylic acids is 1. The molecule has 1 aliphatic heterocycles. The summed E-state index contributed by atoms with van der Waals surface area (Å²) < 4.78 is 73.6. The van der Waals surface area contributed by atoms with E-state index in [0.717, 1.165) is 50.6 Å². The van der Waals surface area contributed by atoms with E-state index < -0.39 is 33.4 Å². The van der Waals surface area contributed by atoms with Crippen LogP contribution in [0.4, 0.5) is 13.2 Å². The van der Waals surface area contributed by atoms with Crippen LogP contribution in [-0.2, 0) is 15.3 Å². The van der Waals surface area contributed by atoms with Gasteiger partial charge in [-0.25, -0.2) is 8.42 Å². The van der Waals surface area contributed by atoms with Crippen LogP contribution in [0.3, 0.4) is 0 Å². The molecule has 8 nitrogen and oxygen atoms in total. The van der Waals surface area contributed by atoms with Gasteiger partial charge in [-0.05, 0) is 50.3 Å². The van der Waals surface area contributed by atoms with Crippen LogP contribution >= 0.6 is 0 Å². The van der Waals surface area contributed by atoms with E-state index >= 15 is 0 Å². The Hall–Kier alpha value is -2.63. The maximum atomic E-state index is 13.3. The molecule has 178 valence electrons. The molecule has 2 heterocycles. The highest BCUT2D eigenvalue weighted by Crippen LogP contribution is 2.58. The minimum atomic E-state index is -4.65. The number of sulfone groups is 1. The number of halogens is 3. The molecule has 0 spiro atoms. The molecule has 3 atom stereocenters. The first kappa shape index (κ1) is 22.2. The molecule has 2 aromatic rings. The van der Waals surface area contributed by atoms with Crippen LogP contribution < -0.4 is 4.74 Å². The smallest absolute Gasteiger partial charge is 0.425 e. The van der Waals surface area contributed by atoms with Crippen LogP contribution in [-0.4, -0.2) is 61.0 Å². The molecule has 1 aromatic carbocycles. The van der Waals surface area contributed by atoms with Crippen molar-refractivity contribution < 1.29 is 35.6 Å². The zero-order chi connectivity index (χ0) is 23.8. The first-order chi connectivity index (χ1) is 15.4. The van der Waals surface area contributed by atoms with E-state index in [2.05, 4.69) is 10.1 Å². The summed E-state index contributed by atoms with van der Waals surface area (Å²) in [5.41, 5.74) is -0.654. The second-order valence-electron chi connectivity index (χ2n) is 9.21. The summed E-state index contributed by atoms with van der Waals surface area (Å²) in [6.45, 7) is 1.47. The van der Waals surface area contributed by atoms with Crippen molar-refractivity contribution >= 4 is 15.7 Å². The lowest BCUT2D eigenvalue weighted by molar-refractivity contribution is -0.189. The molecule has 0 N–H and O–H groups in total. The Balaban J connectivity index is 1.42. The van der Waals surface area contributed by atoms with Gasteiger partial charge < -0.3 is 14.2 Å². The number of likely N-dealkylation sites (tertiary alicyclic amines) is 1. The summed E-state index contributed by atoms with van der Waals surface area (Å²) in [7, 11) is -3.69. The summed E-state index contributed by atoms with van der Waals surface area (Å²) >= 11 is 0. The highest BCUT2D eigenvalue weighted by atomic mass is 32.2. The van der Waals surface area contributed by atoms with Crippen molar-refractivity contribution in [2.24, 2.45) is 5.92 Å². The van der Waals surface area contributed by atoms with Gasteiger partial charge in [0.2, 0.25) is 5.89 Å². The summed E-state index contributed by atoms with van der Waals surface area (Å²) in [5, 5.41) is 4.12. The molecular formula is C21H22F3N3O5S. The number of aromatic nitrogens is 2. The van der Waals surface area contributed by atoms with Crippen LogP contribution in [0.25, 0.3) is 0 Å². The summed E-state index contributed by atoms with van der Waals surface area (Å²) in [6, 6.07) is 3.30. The third kappa shape index (κ3) is 3.98. The molecule has 1 aromatic heterocycles. The fourth-order valence-corrected chi connectivity index (χ4v) is 5.00. The standard InChI is InChI=1S/C21H22F3N3O5S/c1-11(21(22,23)24)31-16-6-5-14(33(2,29)30)7-15(16)18(28)27-9-13-8-20(13,10-27)19-25-17(32-26-19)12-3-4-12/h5-7,11-13H,3-4,8-10H2,1-2H3. The molecule has 12 heteroatoms. The van der Waals surface area contributed by atoms with Gasteiger partial charge >= 0.3 is 6.18 Å². The fourth-order valence-electron chi connectivity index (χ4n) is 4.35. The number of alkyl halides is 3. The molecule has 5 rings (SSSR count). The molecule has 1 amide bonds. The largest absolute Gasteiger partial charge is 0.480 e. The number of hydrogen-bond donors (Lipinski definition) is 0. The van der Waals surface area contributed by atoms with Gasteiger partial charge in [0.05, 0.1) is 15.9 Å². The Morgan fingerprint density at radius 1 is 1.33 bits per heavy atom. The van der Waals surface area contributed by atoms with E-state index in [1.54, 1.807) is 0 Å². The zero-order valence-corrected chi connectivity index (χ0v) is 18.7. The van der Waals surface area contributed by atoms with E-state index in [4.69, 9.17) is 9.26 Å². The third-order valence-electron chi connectivity index (χ3n) is 6.62. The van der Waals surface area contributed by atoms with Gasteiger partial charge in [0, 0.05) is 25.3 Å². The predicted octanol–water partition coefficient (Wildman–Crippen LogP) is 3.09. The highest BCUT2D eigenvalue weighted by Gasteiger charge is 2.64. The van der Waals surface area contributed by atoms with Gasteiger partial charge in [-0.2, -0.15) is 18.2 Å². The Morgan fingerprint density at radius 2 is 2.06 bits per heavy atom. The van der Waals surface area contributed by atoms with Crippen molar-refractivity contribution in [1.29, 1.82) is 0 Å². The van der Waals surface area contributed by atoms with E-state index in [-0.39, 0.29) is 28.7 Å². The second kappa shape index (κ2) is 7.18. The van der Waals surface area contributed by atoms with Gasteiger partial charge in [0.25, 0.3) is 5.91 Å². The zero-order valence-electron chi connectivity index (χ0n) is 17.9. The summed E-state index contributed by atoms with van der Waals surface area (Å²) in [5.74, 6) is 0.657. The number of rotatable bonds is 6. The molecule has 0 bridgehead atoms. The van der Waals surface area contributed by atoms with Crippen LogP contribution in [0.15, 0.2) is 27.6 Å². The number of fused-ring (bicyclic) bond motifs is 1. The van der Waals surface area contributed by atoms with Gasteiger partial charge in [-0.1, -0.05) is 5.16 Å². The minimum absolute atomic E-state index is 0.114. The molecule has 1 saturated heterocycles. The Morgan fingerprint density at radius 3 is 2.70 bits per heavy atom. The normalized spacial score (nSPS) is 25.6. The average molecular weight is 485 g/mol. The van der Waals surface area contributed by atoms with Crippen molar-refractivity contribution in [3.05, 3.63) is 35.5 Å². The van der Waals surface area contributed by atoms with Gasteiger partial charge in [-0.15, -0.1) is 0 Å². The highest BCUT2D eigenvalue weighted by molar-refractivity contribution is 7.90. The minimum Gasteiger partial charge on any atom is -0.480 e. The number of carbonyl (C=O) groups is 1. The van der Waals surface area contributed by atoms with E-state index in [9.17, 15) is 26.4 Å². The van der Waals surface area contributed by atoms with Crippen LogP contribution in [0.1, 0.15) is 54.2 Å². The predicted molar refractivity (Wildman–Crippen MR) is 108 cm³/mol. The monoisotopic (exact) mass is 485 g/mol. The molecule has 33 heavy (non-hydrogen) atoms.